The molecule has 2 aromatic carbocycles. The van der Waals surface area contributed by atoms with Crippen LogP contribution < -0.4 is 4.74 Å². The molecule has 0 unspecified atom stereocenters. The fourth-order valence-electron chi connectivity index (χ4n) is 2.62. The third-order valence-electron chi connectivity index (χ3n) is 3.67. The number of nitriles is 1. The minimum absolute atomic E-state index is 0.320. The molecule has 0 saturated carbocycles. The van der Waals surface area contributed by atoms with Gasteiger partial charge in [-0.2, -0.15) is 5.26 Å². The summed E-state index contributed by atoms with van der Waals surface area (Å²) in [7, 11) is 1.59. The van der Waals surface area contributed by atoms with Crippen LogP contribution in [0.4, 0.5) is 0 Å². The second-order valence-corrected chi connectivity index (χ2v) is 6.18. The number of aromatic amines is 1. The van der Waals surface area contributed by atoms with Crippen LogP contribution in [0.3, 0.4) is 0 Å². The molecule has 1 aromatic heterocycles. The molecule has 0 amide bonds. The van der Waals surface area contributed by atoms with E-state index in [0.717, 1.165) is 22.0 Å². The molecule has 0 atom stereocenters. The average Bonchev–Trinajstić information content (AvgIpc) is 2.94. The van der Waals surface area contributed by atoms with Crippen LogP contribution in [0.25, 0.3) is 22.0 Å². The van der Waals surface area contributed by atoms with Gasteiger partial charge in [-0.05, 0) is 29.8 Å². The minimum atomic E-state index is 0.320. The van der Waals surface area contributed by atoms with Crippen molar-refractivity contribution in [3.8, 4) is 22.9 Å². The number of halogens is 3. The first-order chi connectivity index (χ1) is 11.1. The summed E-state index contributed by atoms with van der Waals surface area (Å²) in [5.41, 5.74) is 3.27. The van der Waals surface area contributed by atoms with E-state index in [1.807, 2.05) is 18.3 Å². The Morgan fingerprint density at radius 3 is 2.57 bits per heavy atom. The van der Waals surface area contributed by atoms with Gasteiger partial charge in [0.05, 0.1) is 40.2 Å². The Hall–Kier alpha value is -1.86. The lowest BCUT2D eigenvalue weighted by Gasteiger charge is -2.13. The molecule has 3 nitrogen and oxygen atoms in total. The van der Waals surface area contributed by atoms with Gasteiger partial charge in [-0.3, -0.25) is 0 Å². The van der Waals surface area contributed by atoms with Gasteiger partial charge in [0, 0.05) is 22.7 Å². The van der Waals surface area contributed by atoms with Crippen LogP contribution in [0, 0.1) is 11.3 Å². The lowest BCUT2D eigenvalue weighted by Crippen LogP contribution is -1.91. The van der Waals surface area contributed by atoms with Crippen molar-refractivity contribution in [3.63, 3.8) is 0 Å². The first-order valence-corrected chi connectivity index (χ1v) is 7.89. The highest BCUT2D eigenvalue weighted by molar-refractivity contribution is 6.44. The number of rotatable bonds is 3. The summed E-state index contributed by atoms with van der Waals surface area (Å²) < 4.78 is 5.48. The van der Waals surface area contributed by atoms with E-state index in [-0.39, 0.29) is 0 Å². The van der Waals surface area contributed by atoms with Crippen molar-refractivity contribution in [1.29, 1.82) is 5.26 Å². The van der Waals surface area contributed by atoms with Crippen molar-refractivity contribution in [3.05, 3.63) is 51.1 Å². The van der Waals surface area contributed by atoms with Gasteiger partial charge in [-0.15, -0.1) is 0 Å². The molecule has 0 radical (unpaired) electrons. The summed E-state index contributed by atoms with van der Waals surface area (Å²) in [6, 6.07) is 9.26. The fourth-order valence-corrected chi connectivity index (χ4v) is 3.26. The Morgan fingerprint density at radius 2 is 1.87 bits per heavy atom. The Morgan fingerprint density at radius 1 is 1.13 bits per heavy atom. The van der Waals surface area contributed by atoms with Crippen LogP contribution >= 0.6 is 34.8 Å². The molecule has 0 saturated heterocycles. The molecular formula is C17H11Cl3N2O. The predicted octanol–water partition coefficient (Wildman–Crippen LogP) is 5.87. The zero-order valence-electron chi connectivity index (χ0n) is 12.1. The molecule has 0 aliphatic heterocycles. The highest BCUT2D eigenvalue weighted by Gasteiger charge is 2.18. The van der Waals surface area contributed by atoms with Crippen LogP contribution in [0.5, 0.6) is 5.75 Å². The van der Waals surface area contributed by atoms with Crippen molar-refractivity contribution in [2.24, 2.45) is 0 Å². The third-order valence-corrected chi connectivity index (χ3v) is 4.71. The highest BCUT2D eigenvalue weighted by Crippen LogP contribution is 2.43. The second kappa shape index (κ2) is 6.33. The predicted molar refractivity (Wildman–Crippen MR) is 94.6 cm³/mol. The first kappa shape index (κ1) is 16.0. The molecule has 116 valence electrons. The molecule has 0 aliphatic carbocycles. The zero-order chi connectivity index (χ0) is 16.6. The molecule has 0 bridgehead atoms. The average molecular weight is 366 g/mol. The van der Waals surface area contributed by atoms with Gasteiger partial charge in [0.25, 0.3) is 0 Å². The van der Waals surface area contributed by atoms with Gasteiger partial charge in [0.15, 0.2) is 0 Å². The summed E-state index contributed by atoms with van der Waals surface area (Å²) in [4.78, 5) is 3.21. The smallest absolute Gasteiger partial charge is 0.128 e. The number of fused-ring (bicyclic) bond motifs is 1. The van der Waals surface area contributed by atoms with Crippen molar-refractivity contribution in [2.75, 3.05) is 7.11 Å². The maximum Gasteiger partial charge on any atom is 0.128 e. The lowest BCUT2D eigenvalue weighted by atomic mass is 10.00. The summed E-state index contributed by atoms with van der Waals surface area (Å²) in [5, 5.41) is 11.2. The number of nitrogens with one attached hydrogen (secondary N) is 1. The maximum atomic E-state index is 8.95. The van der Waals surface area contributed by atoms with E-state index < -0.39 is 0 Å². The molecule has 3 aromatic rings. The number of methoxy groups -OCH3 is 1. The van der Waals surface area contributed by atoms with E-state index in [2.05, 4.69) is 11.1 Å². The van der Waals surface area contributed by atoms with Crippen LogP contribution in [0.15, 0.2) is 30.5 Å². The van der Waals surface area contributed by atoms with Gasteiger partial charge in [-0.25, -0.2) is 0 Å². The van der Waals surface area contributed by atoms with Gasteiger partial charge >= 0.3 is 0 Å². The van der Waals surface area contributed by atoms with Gasteiger partial charge in [0.1, 0.15) is 5.75 Å². The van der Waals surface area contributed by atoms with Gasteiger partial charge < -0.3 is 9.72 Å². The second-order valence-electron chi connectivity index (χ2n) is 4.96. The number of ether oxygens (including phenoxy) is 1. The largest absolute Gasteiger partial charge is 0.496 e. The zero-order valence-corrected chi connectivity index (χ0v) is 14.4. The van der Waals surface area contributed by atoms with E-state index in [4.69, 9.17) is 44.8 Å². The molecule has 0 fully saturated rings. The Bertz CT molecular complexity index is 941. The monoisotopic (exact) mass is 364 g/mol. The van der Waals surface area contributed by atoms with E-state index in [1.54, 1.807) is 19.2 Å². The molecule has 0 spiro atoms. The van der Waals surface area contributed by atoms with Crippen LogP contribution in [0.1, 0.15) is 5.56 Å². The molecule has 23 heavy (non-hydrogen) atoms. The van der Waals surface area contributed by atoms with Crippen molar-refractivity contribution < 1.29 is 4.74 Å². The van der Waals surface area contributed by atoms with Crippen molar-refractivity contribution in [1.82, 2.24) is 4.98 Å². The molecule has 1 N–H and O–H groups in total. The minimum Gasteiger partial charge on any atom is -0.496 e. The van der Waals surface area contributed by atoms with Crippen molar-refractivity contribution >= 4 is 45.7 Å². The van der Waals surface area contributed by atoms with Crippen LogP contribution in [-0.4, -0.2) is 12.1 Å². The number of hydrogen-bond donors (Lipinski definition) is 1. The number of nitrogens with zero attached hydrogens (tertiary/aromatic N) is 1. The Kier molecular flexibility index (Phi) is 4.41. The first-order valence-electron chi connectivity index (χ1n) is 6.75. The number of aromatic nitrogens is 1. The van der Waals surface area contributed by atoms with Crippen LogP contribution in [-0.2, 0) is 6.42 Å². The quantitative estimate of drug-likeness (QED) is 0.590. The standard InChI is InChI=1S/C17H11Cl3N2O/c1-23-15-3-2-10-9(4-5-21)8-22-17(10)16(15)11-6-13(19)14(20)7-12(11)18/h2-3,6-8,22H,4H2,1H3. The number of hydrogen-bond acceptors (Lipinski definition) is 2. The molecular weight excluding hydrogens is 355 g/mol. The van der Waals surface area contributed by atoms with Crippen molar-refractivity contribution in [2.45, 2.75) is 6.42 Å². The Balaban J connectivity index is 2.36. The number of H-pyrrole nitrogens is 1. The third kappa shape index (κ3) is 2.74. The number of benzene rings is 2. The maximum absolute atomic E-state index is 8.95. The topological polar surface area (TPSA) is 48.8 Å². The molecule has 6 heteroatoms. The van der Waals surface area contributed by atoms with E-state index in [9.17, 15) is 0 Å². The van der Waals surface area contributed by atoms with Gasteiger partial charge in [0.2, 0.25) is 0 Å². The summed E-state index contributed by atoms with van der Waals surface area (Å²) in [5.74, 6) is 0.656. The normalized spacial score (nSPS) is 10.7. The van der Waals surface area contributed by atoms with Gasteiger partial charge in [-0.1, -0.05) is 34.8 Å². The highest BCUT2D eigenvalue weighted by atomic mass is 35.5. The summed E-state index contributed by atoms with van der Waals surface area (Å²) in [6.07, 6.45) is 2.14. The van der Waals surface area contributed by atoms with E-state index in [0.29, 0.717) is 32.8 Å². The molecule has 0 aliphatic rings. The summed E-state index contributed by atoms with van der Waals surface area (Å²) >= 11 is 18.5. The fraction of sp³-hybridized carbons (Fsp3) is 0.118. The summed E-state index contributed by atoms with van der Waals surface area (Å²) in [6.45, 7) is 0. The van der Waals surface area contributed by atoms with E-state index in [1.165, 1.54) is 0 Å². The van der Waals surface area contributed by atoms with Crippen LogP contribution in [0.2, 0.25) is 15.1 Å². The molecule has 1 heterocycles. The Labute approximate surface area is 148 Å². The lowest BCUT2D eigenvalue weighted by molar-refractivity contribution is 0.417. The van der Waals surface area contributed by atoms with E-state index >= 15 is 0 Å². The SMILES string of the molecule is COc1ccc2c(CC#N)c[nH]c2c1-c1cc(Cl)c(Cl)cc1Cl. The molecule has 3 rings (SSSR count).